The lowest BCUT2D eigenvalue weighted by Gasteiger charge is -2.31. The van der Waals surface area contributed by atoms with Crippen molar-refractivity contribution in [3.05, 3.63) is 66.6 Å². The number of pyridine rings is 1. The Labute approximate surface area is 158 Å². The van der Waals surface area contributed by atoms with Crippen molar-refractivity contribution in [1.29, 1.82) is 0 Å². The quantitative estimate of drug-likeness (QED) is 0.731. The zero-order valence-electron chi connectivity index (χ0n) is 15.1. The van der Waals surface area contributed by atoms with E-state index < -0.39 is 0 Å². The van der Waals surface area contributed by atoms with Gasteiger partial charge in [0.05, 0.1) is 11.6 Å². The minimum absolute atomic E-state index is 0.0164. The summed E-state index contributed by atoms with van der Waals surface area (Å²) in [6, 6.07) is 13.8. The van der Waals surface area contributed by atoms with Crippen LogP contribution in [0, 0.1) is 5.92 Å². The molecule has 1 aliphatic heterocycles. The first-order valence-electron chi connectivity index (χ1n) is 9.30. The number of carbonyl (C=O) groups is 1. The van der Waals surface area contributed by atoms with E-state index in [1.165, 1.54) is 5.56 Å². The molecule has 0 saturated carbocycles. The van der Waals surface area contributed by atoms with Crippen molar-refractivity contribution < 1.29 is 4.79 Å². The maximum atomic E-state index is 12.7. The fraction of sp³-hybridized carbons (Fsp3) is 0.286. The minimum Gasteiger partial charge on any atom is -0.326 e. The average molecular weight is 361 g/mol. The summed E-state index contributed by atoms with van der Waals surface area (Å²) >= 11 is 0. The number of hydrogen-bond donors (Lipinski definition) is 2. The molecule has 2 N–H and O–H groups in total. The summed E-state index contributed by atoms with van der Waals surface area (Å²) in [4.78, 5) is 19.2. The summed E-state index contributed by atoms with van der Waals surface area (Å²) in [6.07, 6.45) is 7.38. The fourth-order valence-corrected chi connectivity index (χ4v) is 3.56. The number of amides is 1. The lowest BCUT2D eigenvalue weighted by molar-refractivity contribution is -0.121. The molecule has 0 radical (unpaired) electrons. The Morgan fingerprint density at radius 3 is 2.81 bits per heavy atom. The average Bonchev–Trinajstić information content (AvgIpc) is 3.24. The Bertz CT molecular complexity index is 861. The van der Waals surface area contributed by atoms with Crippen molar-refractivity contribution in [2.45, 2.75) is 19.4 Å². The van der Waals surface area contributed by atoms with Gasteiger partial charge in [0.15, 0.2) is 0 Å². The van der Waals surface area contributed by atoms with Crippen molar-refractivity contribution in [3.8, 4) is 11.3 Å². The molecule has 0 unspecified atom stereocenters. The van der Waals surface area contributed by atoms with E-state index in [0.29, 0.717) is 0 Å². The molecular weight excluding hydrogens is 338 g/mol. The lowest BCUT2D eigenvalue weighted by atomic mass is 9.96. The Kier molecular flexibility index (Phi) is 5.25. The van der Waals surface area contributed by atoms with Crippen molar-refractivity contribution in [2.75, 3.05) is 18.4 Å². The van der Waals surface area contributed by atoms with Crippen molar-refractivity contribution in [2.24, 2.45) is 5.92 Å². The smallest absolute Gasteiger partial charge is 0.228 e. The molecule has 3 heterocycles. The molecule has 1 saturated heterocycles. The molecule has 3 aromatic rings. The second-order valence-corrected chi connectivity index (χ2v) is 6.97. The molecule has 0 bridgehead atoms. The van der Waals surface area contributed by atoms with Crippen LogP contribution in [-0.4, -0.2) is 39.1 Å². The standard InChI is InChI=1S/C21H23N5O/c27-21(24-19-7-5-17(6-8-19)20-9-11-23-25-20)18-4-2-12-26(15-18)14-16-3-1-10-22-13-16/h1,3,5-11,13,18H,2,4,12,14-15H2,(H,23,25)(H,24,27)/t18-/m1/s1. The number of nitrogens with zero attached hydrogens (tertiary/aromatic N) is 3. The van der Waals surface area contributed by atoms with Gasteiger partial charge in [0.1, 0.15) is 0 Å². The number of carbonyl (C=O) groups excluding carboxylic acids is 1. The number of hydrogen-bond acceptors (Lipinski definition) is 4. The molecule has 27 heavy (non-hydrogen) atoms. The highest BCUT2D eigenvalue weighted by atomic mass is 16.1. The fourth-order valence-electron chi connectivity index (χ4n) is 3.56. The number of nitrogens with one attached hydrogen (secondary N) is 2. The molecule has 1 fully saturated rings. The maximum Gasteiger partial charge on any atom is 0.228 e. The highest BCUT2D eigenvalue weighted by Gasteiger charge is 2.25. The molecular formula is C21H23N5O. The van der Waals surface area contributed by atoms with E-state index in [1.54, 1.807) is 12.4 Å². The Balaban J connectivity index is 1.35. The number of H-pyrrole nitrogens is 1. The highest BCUT2D eigenvalue weighted by molar-refractivity contribution is 5.93. The zero-order chi connectivity index (χ0) is 18.5. The van der Waals surface area contributed by atoms with Crippen LogP contribution in [0.5, 0.6) is 0 Å². The van der Waals surface area contributed by atoms with Crippen LogP contribution in [0.2, 0.25) is 0 Å². The van der Waals surface area contributed by atoms with Crippen LogP contribution in [0.25, 0.3) is 11.3 Å². The van der Waals surface area contributed by atoms with Gasteiger partial charge in [-0.2, -0.15) is 5.10 Å². The van der Waals surface area contributed by atoms with Crippen LogP contribution in [0.4, 0.5) is 5.69 Å². The maximum absolute atomic E-state index is 12.7. The number of aromatic nitrogens is 3. The molecule has 1 aromatic carbocycles. The third-order valence-electron chi connectivity index (χ3n) is 4.97. The second-order valence-electron chi connectivity index (χ2n) is 6.97. The normalized spacial score (nSPS) is 17.6. The molecule has 1 atom stereocenters. The molecule has 6 heteroatoms. The van der Waals surface area contributed by atoms with Crippen molar-refractivity contribution in [3.63, 3.8) is 0 Å². The molecule has 138 valence electrons. The van der Waals surface area contributed by atoms with Gasteiger partial charge in [0, 0.05) is 37.4 Å². The summed E-state index contributed by atoms with van der Waals surface area (Å²) in [7, 11) is 0. The van der Waals surface area contributed by atoms with Crippen LogP contribution in [0.1, 0.15) is 18.4 Å². The van der Waals surface area contributed by atoms with Gasteiger partial charge in [-0.1, -0.05) is 18.2 Å². The molecule has 4 rings (SSSR count). The topological polar surface area (TPSA) is 73.9 Å². The number of benzene rings is 1. The van der Waals surface area contributed by atoms with Crippen molar-refractivity contribution >= 4 is 11.6 Å². The monoisotopic (exact) mass is 361 g/mol. The Hall–Kier alpha value is -2.99. The SMILES string of the molecule is O=C(Nc1ccc(-c2ccn[nH]2)cc1)[C@@H]1CCCN(Cc2cccnc2)C1. The molecule has 1 amide bonds. The van der Waals surface area contributed by atoms with Crippen LogP contribution < -0.4 is 5.32 Å². The molecule has 6 nitrogen and oxygen atoms in total. The van der Waals surface area contributed by atoms with Crippen LogP contribution in [0.3, 0.4) is 0 Å². The van der Waals surface area contributed by atoms with Gasteiger partial charge < -0.3 is 5.32 Å². The van der Waals surface area contributed by atoms with Crippen LogP contribution in [0.15, 0.2) is 61.1 Å². The van der Waals surface area contributed by atoms with Gasteiger partial charge in [-0.3, -0.25) is 19.8 Å². The van der Waals surface area contributed by atoms with Gasteiger partial charge in [0.25, 0.3) is 0 Å². The van der Waals surface area contributed by atoms with Gasteiger partial charge in [-0.25, -0.2) is 0 Å². The first-order valence-corrected chi connectivity index (χ1v) is 9.30. The van der Waals surface area contributed by atoms with Crippen LogP contribution >= 0.6 is 0 Å². The Morgan fingerprint density at radius 1 is 1.19 bits per heavy atom. The molecule has 0 spiro atoms. The molecule has 0 aliphatic carbocycles. The van der Waals surface area contributed by atoms with E-state index in [1.807, 2.05) is 42.6 Å². The molecule has 1 aliphatic rings. The first kappa shape index (κ1) is 17.4. The number of aromatic amines is 1. The number of rotatable bonds is 5. The van der Waals surface area contributed by atoms with Gasteiger partial charge in [0.2, 0.25) is 5.91 Å². The minimum atomic E-state index is 0.0164. The van der Waals surface area contributed by atoms with E-state index >= 15 is 0 Å². The zero-order valence-corrected chi connectivity index (χ0v) is 15.1. The Morgan fingerprint density at radius 2 is 2.07 bits per heavy atom. The van der Waals surface area contributed by atoms with Gasteiger partial charge in [-0.15, -0.1) is 0 Å². The van der Waals surface area contributed by atoms with E-state index in [2.05, 4.69) is 31.5 Å². The second kappa shape index (κ2) is 8.14. The highest BCUT2D eigenvalue weighted by Crippen LogP contribution is 2.22. The van der Waals surface area contributed by atoms with E-state index in [0.717, 1.165) is 49.4 Å². The molecule has 2 aromatic heterocycles. The number of piperidine rings is 1. The summed E-state index contributed by atoms with van der Waals surface area (Å²) in [5.41, 5.74) is 4.03. The number of anilines is 1. The largest absolute Gasteiger partial charge is 0.326 e. The lowest BCUT2D eigenvalue weighted by Crippen LogP contribution is -2.40. The van der Waals surface area contributed by atoms with E-state index in [9.17, 15) is 4.79 Å². The number of likely N-dealkylation sites (tertiary alicyclic amines) is 1. The summed E-state index contributed by atoms with van der Waals surface area (Å²) in [6.45, 7) is 2.65. The predicted octanol–water partition coefficient (Wildman–Crippen LogP) is 3.32. The van der Waals surface area contributed by atoms with E-state index in [4.69, 9.17) is 0 Å². The summed E-state index contributed by atoms with van der Waals surface area (Å²) in [5, 5.41) is 9.97. The summed E-state index contributed by atoms with van der Waals surface area (Å²) in [5.74, 6) is 0.114. The third kappa shape index (κ3) is 4.41. The van der Waals surface area contributed by atoms with Crippen molar-refractivity contribution in [1.82, 2.24) is 20.1 Å². The van der Waals surface area contributed by atoms with Crippen LogP contribution in [-0.2, 0) is 11.3 Å². The van der Waals surface area contributed by atoms with Gasteiger partial charge >= 0.3 is 0 Å². The third-order valence-corrected chi connectivity index (χ3v) is 4.97. The summed E-state index contributed by atoms with van der Waals surface area (Å²) < 4.78 is 0. The predicted molar refractivity (Wildman–Crippen MR) is 105 cm³/mol. The first-order chi connectivity index (χ1) is 13.3. The van der Waals surface area contributed by atoms with E-state index in [-0.39, 0.29) is 11.8 Å². The van der Waals surface area contributed by atoms with Gasteiger partial charge in [-0.05, 0) is 54.8 Å².